The molecule has 0 aromatic heterocycles. The van der Waals surface area contributed by atoms with Crippen LogP contribution in [0.2, 0.25) is 0 Å². The zero-order valence-corrected chi connectivity index (χ0v) is 11.4. The second-order valence-electron chi connectivity index (χ2n) is 4.00. The minimum Gasteiger partial charge on any atom is -0.507 e. The maximum Gasteiger partial charge on any atom is 0.296 e. The molecule has 0 aliphatic heterocycles. The van der Waals surface area contributed by atoms with E-state index in [1.807, 2.05) is 4.72 Å². The van der Waals surface area contributed by atoms with E-state index in [2.05, 4.69) is 0 Å². The normalized spacial score (nSPS) is 12.5. The van der Waals surface area contributed by atoms with Gasteiger partial charge < -0.3 is 5.11 Å². The van der Waals surface area contributed by atoms with Crippen LogP contribution in [-0.2, 0) is 20.3 Å². The smallest absolute Gasteiger partial charge is 0.296 e. The summed E-state index contributed by atoms with van der Waals surface area (Å²) in [5.41, 5.74) is 0.106. The fraction of sp³-hybridized carbons (Fsp3) is 0. The van der Waals surface area contributed by atoms with Crippen LogP contribution in [0.5, 0.6) is 5.75 Å². The number of aromatic hydroxyl groups is 1. The highest BCUT2D eigenvalue weighted by atomic mass is 32.2. The molecule has 0 atom stereocenters. The van der Waals surface area contributed by atoms with Crippen molar-refractivity contribution in [2.24, 2.45) is 5.14 Å². The quantitative estimate of drug-likeness (QED) is 0.602. The summed E-state index contributed by atoms with van der Waals surface area (Å²) in [5.74, 6) is -0.423. The van der Waals surface area contributed by atoms with Gasteiger partial charge in [0.2, 0.25) is 0 Å². The second-order valence-corrected chi connectivity index (χ2v) is 6.72. The predicted octanol–water partition coefficient (Wildman–Crippen LogP) is 0.408. The molecular formula is C10H10N2O6S2. The van der Waals surface area contributed by atoms with E-state index in [9.17, 15) is 21.9 Å². The Balaban J connectivity index is 2.64. The maximum atomic E-state index is 11.0. The van der Waals surface area contributed by atoms with Crippen LogP contribution >= 0.6 is 0 Å². The van der Waals surface area contributed by atoms with Crippen molar-refractivity contribution in [3.63, 3.8) is 0 Å². The molecule has 0 aliphatic rings. The molecule has 0 fully saturated rings. The summed E-state index contributed by atoms with van der Waals surface area (Å²) in [7, 11) is -8.40. The monoisotopic (exact) mass is 318 g/mol. The molecule has 0 saturated heterocycles. The summed E-state index contributed by atoms with van der Waals surface area (Å²) in [4.78, 5) is -0.463. The standard InChI is InChI=1S/C10H10N2O6S2/c11-20(17,18)12-7-2-1-6-3-8(19(14,15)16)5-10(13)9(6)4-7/h1-5,12-13H,(H2,11,17,18)(H,14,15,16). The molecule has 2 aromatic rings. The van der Waals surface area contributed by atoms with Crippen molar-refractivity contribution in [1.29, 1.82) is 0 Å². The Bertz CT molecular complexity index is 889. The van der Waals surface area contributed by atoms with Crippen LogP contribution in [0.1, 0.15) is 0 Å². The molecule has 10 heteroatoms. The molecule has 2 rings (SSSR count). The Morgan fingerprint density at radius 1 is 1.05 bits per heavy atom. The van der Waals surface area contributed by atoms with Crippen LogP contribution in [0.25, 0.3) is 10.8 Å². The third-order valence-corrected chi connectivity index (χ3v) is 3.82. The lowest BCUT2D eigenvalue weighted by Gasteiger charge is -2.08. The van der Waals surface area contributed by atoms with Crippen LogP contribution in [0.15, 0.2) is 35.2 Å². The van der Waals surface area contributed by atoms with Crippen LogP contribution in [0, 0.1) is 0 Å². The van der Waals surface area contributed by atoms with E-state index in [4.69, 9.17) is 9.69 Å². The number of fused-ring (bicyclic) bond motifs is 1. The number of nitrogens with two attached hydrogens (primary N) is 1. The van der Waals surface area contributed by atoms with Crippen molar-refractivity contribution in [2.45, 2.75) is 4.90 Å². The molecule has 0 aliphatic carbocycles. The van der Waals surface area contributed by atoms with Gasteiger partial charge in [-0.1, -0.05) is 6.07 Å². The van der Waals surface area contributed by atoms with Crippen LogP contribution in [0.4, 0.5) is 5.69 Å². The van der Waals surface area contributed by atoms with E-state index in [1.54, 1.807) is 0 Å². The molecule has 0 unspecified atom stereocenters. The molecule has 0 radical (unpaired) electrons. The van der Waals surface area contributed by atoms with Gasteiger partial charge in [0, 0.05) is 11.5 Å². The first-order valence-electron chi connectivity index (χ1n) is 5.11. The van der Waals surface area contributed by atoms with Crippen LogP contribution in [-0.4, -0.2) is 26.5 Å². The van der Waals surface area contributed by atoms with Crippen LogP contribution < -0.4 is 9.86 Å². The van der Waals surface area contributed by atoms with Crippen molar-refractivity contribution in [1.82, 2.24) is 0 Å². The predicted molar refractivity (Wildman–Crippen MR) is 72.2 cm³/mol. The molecule has 8 nitrogen and oxygen atoms in total. The Labute approximate surface area is 114 Å². The number of phenols is 1. The van der Waals surface area contributed by atoms with Gasteiger partial charge in [0.05, 0.1) is 10.6 Å². The number of phenolic OH excluding ortho intramolecular Hbond substituents is 1. The van der Waals surface area contributed by atoms with Gasteiger partial charge in [-0.2, -0.15) is 16.8 Å². The Kier molecular flexibility index (Phi) is 3.34. The van der Waals surface area contributed by atoms with E-state index < -0.39 is 31.0 Å². The lowest BCUT2D eigenvalue weighted by molar-refractivity contribution is 0.471. The molecule has 108 valence electrons. The molecule has 5 N–H and O–H groups in total. The third-order valence-electron chi connectivity index (χ3n) is 2.46. The molecule has 0 bridgehead atoms. The molecular weight excluding hydrogens is 308 g/mol. The van der Waals surface area contributed by atoms with E-state index in [1.165, 1.54) is 18.2 Å². The first kappa shape index (κ1) is 14.5. The summed E-state index contributed by atoms with van der Waals surface area (Å²) in [6, 6.07) is 5.99. The van der Waals surface area contributed by atoms with E-state index >= 15 is 0 Å². The highest BCUT2D eigenvalue weighted by molar-refractivity contribution is 7.90. The van der Waals surface area contributed by atoms with Crippen molar-refractivity contribution < 1.29 is 26.5 Å². The first-order chi connectivity index (χ1) is 9.06. The van der Waals surface area contributed by atoms with Gasteiger partial charge in [-0.15, -0.1) is 0 Å². The van der Waals surface area contributed by atoms with Gasteiger partial charge in [-0.25, -0.2) is 5.14 Å². The summed E-state index contributed by atoms with van der Waals surface area (Å²) in [6.07, 6.45) is 0. The lowest BCUT2D eigenvalue weighted by atomic mass is 10.1. The van der Waals surface area contributed by atoms with Gasteiger partial charge in [0.15, 0.2) is 0 Å². The van der Waals surface area contributed by atoms with Crippen LogP contribution in [0.3, 0.4) is 0 Å². The molecule has 0 amide bonds. The van der Waals surface area contributed by atoms with Gasteiger partial charge in [-0.3, -0.25) is 9.27 Å². The van der Waals surface area contributed by atoms with Gasteiger partial charge in [0.1, 0.15) is 5.75 Å². The summed E-state index contributed by atoms with van der Waals surface area (Å²) >= 11 is 0. The summed E-state index contributed by atoms with van der Waals surface area (Å²) < 4.78 is 54.8. The van der Waals surface area contributed by atoms with Crippen molar-refractivity contribution >= 4 is 36.8 Å². The number of rotatable bonds is 3. The zero-order chi connectivity index (χ0) is 15.1. The van der Waals surface area contributed by atoms with E-state index in [0.717, 1.165) is 12.1 Å². The third kappa shape index (κ3) is 3.17. The highest BCUT2D eigenvalue weighted by Gasteiger charge is 2.14. The zero-order valence-electron chi connectivity index (χ0n) is 9.81. The Morgan fingerprint density at radius 3 is 2.25 bits per heavy atom. The number of hydrogen-bond acceptors (Lipinski definition) is 5. The van der Waals surface area contributed by atoms with Gasteiger partial charge in [0.25, 0.3) is 20.3 Å². The lowest BCUT2D eigenvalue weighted by Crippen LogP contribution is -2.21. The molecule has 20 heavy (non-hydrogen) atoms. The minimum atomic E-state index is -4.45. The molecule has 0 spiro atoms. The minimum absolute atomic E-state index is 0.106. The number of hydrogen-bond donors (Lipinski definition) is 4. The fourth-order valence-corrected chi connectivity index (χ4v) is 2.68. The number of anilines is 1. The summed E-state index contributed by atoms with van der Waals surface area (Å²) in [6.45, 7) is 0. The summed E-state index contributed by atoms with van der Waals surface area (Å²) in [5, 5.41) is 15.1. The van der Waals surface area contributed by atoms with Gasteiger partial charge in [-0.05, 0) is 23.6 Å². The Hall–Kier alpha value is -1.88. The average molecular weight is 318 g/mol. The maximum absolute atomic E-state index is 11.0. The van der Waals surface area contributed by atoms with Crippen molar-refractivity contribution in [2.75, 3.05) is 4.72 Å². The molecule has 0 saturated carbocycles. The largest absolute Gasteiger partial charge is 0.507 e. The van der Waals surface area contributed by atoms with Crippen molar-refractivity contribution in [3.8, 4) is 5.75 Å². The topological polar surface area (TPSA) is 147 Å². The molecule has 0 heterocycles. The van der Waals surface area contributed by atoms with E-state index in [0.29, 0.717) is 5.39 Å². The average Bonchev–Trinajstić information content (AvgIpc) is 2.26. The molecule has 2 aromatic carbocycles. The highest BCUT2D eigenvalue weighted by Crippen LogP contribution is 2.30. The van der Waals surface area contributed by atoms with E-state index in [-0.39, 0.29) is 11.1 Å². The fourth-order valence-electron chi connectivity index (χ4n) is 1.69. The van der Waals surface area contributed by atoms with Crippen molar-refractivity contribution in [3.05, 3.63) is 30.3 Å². The number of benzene rings is 2. The number of nitrogens with one attached hydrogen (secondary N) is 1. The van der Waals surface area contributed by atoms with Gasteiger partial charge >= 0.3 is 0 Å². The Morgan fingerprint density at radius 2 is 1.70 bits per heavy atom. The second kappa shape index (κ2) is 4.59. The first-order valence-corrected chi connectivity index (χ1v) is 8.10. The SMILES string of the molecule is NS(=O)(=O)Nc1ccc2cc(S(=O)(=O)O)cc(O)c2c1.